The first kappa shape index (κ1) is 19.9. The van der Waals surface area contributed by atoms with Crippen LogP contribution in [0.15, 0.2) is 52.9 Å². The van der Waals surface area contributed by atoms with E-state index in [9.17, 15) is 4.79 Å². The molecule has 6 heteroatoms. The van der Waals surface area contributed by atoms with Gasteiger partial charge in [0.1, 0.15) is 11.3 Å². The average Bonchev–Trinajstić information content (AvgIpc) is 3.34. The van der Waals surface area contributed by atoms with E-state index in [1.807, 2.05) is 43.3 Å². The topological polar surface area (TPSA) is 63.9 Å². The molecular weight excluding hydrogens is 392 g/mol. The Kier molecular flexibility index (Phi) is 5.55. The SMILES string of the molecule is C[C@@H](NC(=O)CN1CCC[C@@H]1c1ccc2c(c1)OCCCO2)c1cc2ccccc2o1. The molecule has 2 atom stereocenters. The minimum absolute atomic E-state index is 0.00852. The van der Waals surface area contributed by atoms with E-state index < -0.39 is 0 Å². The molecule has 0 saturated carbocycles. The molecule has 1 N–H and O–H groups in total. The van der Waals surface area contributed by atoms with Crippen LogP contribution in [0.3, 0.4) is 0 Å². The van der Waals surface area contributed by atoms with Crippen molar-refractivity contribution >= 4 is 16.9 Å². The van der Waals surface area contributed by atoms with Gasteiger partial charge in [-0.05, 0) is 56.1 Å². The number of nitrogens with one attached hydrogen (secondary N) is 1. The standard InChI is InChI=1S/C25H28N2O4/c1-17(23-15-19-6-2-3-8-21(19)31-23)26-25(28)16-27-11-4-7-20(27)18-9-10-22-24(14-18)30-13-5-12-29-22/h2-3,6,8-10,14-15,17,20H,4-5,7,11-13,16H2,1H3,(H,26,28)/t17-,20-/m1/s1. The molecule has 1 amide bonds. The second-order valence-electron chi connectivity index (χ2n) is 8.36. The summed E-state index contributed by atoms with van der Waals surface area (Å²) in [7, 11) is 0. The molecule has 2 aliphatic heterocycles. The van der Waals surface area contributed by atoms with Gasteiger partial charge in [0, 0.05) is 17.8 Å². The molecule has 1 aromatic heterocycles. The molecule has 162 valence electrons. The zero-order chi connectivity index (χ0) is 21.2. The van der Waals surface area contributed by atoms with E-state index in [0.717, 1.165) is 54.0 Å². The molecule has 31 heavy (non-hydrogen) atoms. The normalized spacial score (nSPS) is 19.8. The summed E-state index contributed by atoms with van der Waals surface area (Å²) in [5, 5.41) is 4.14. The lowest BCUT2D eigenvalue weighted by Gasteiger charge is -2.25. The number of furan rings is 1. The fraction of sp³-hybridized carbons (Fsp3) is 0.400. The summed E-state index contributed by atoms with van der Waals surface area (Å²) in [5.41, 5.74) is 2.02. The number of para-hydroxylation sites is 1. The van der Waals surface area contributed by atoms with E-state index in [-0.39, 0.29) is 18.0 Å². The number of hydrogen-bond acceptors (Lipinski definition) is 5. The lowest BCUT2D eigenvalue weighted by atomic mass is 10.0. The predicted molar refractivity (Wildman–Crippen MR) is 118 cm³/mol. The van der Waals surface area contributed by atoms with E-state index in [4.69, 9.17) is 13.9 Å². The maximum atomic E-state index is 12.8. The molecule has 0 bridgehead atoms. The lowest BCUT2D eigenvalue weighted by molar-refractivity contribution is -0.123. The Morgan fingerprint density at radius 2 is 1.94 bits per heavy atom. The van der Waals surface area contributed by atoms with Gasteiger partial charge in [-0.2, -0.15) is 0 Å². The molecule has 2 aliphatic rings. The van der Waals surface area contributed by atoms with Crippen molar-refractivity contribution in [3.8, 4) is 11.5 Å². The van der Waals surface area contributed by atoms with Crippen LogP contribution in [0.5, 0.6) is 11.5 Å². The zero-order valence-corrected chi connectivity index (χ0v) is 17.8. The van der Waals surface area contributed by atoms with Crippen LogP contribution in [-0.2, 0) is 4.79 Å². The summed E-state index contributed by atoms with van der Waals surface area (Å²) in [6.07, 6.45) is 3.00. The summed E-state index contributed by atoms with van der Waals surface area (Å²) in [5.74, 6) is 2.40. The van der Waals surface area contributed by atoms with Crippen LogP contribution in [0.2, 0.25) is 0 Å². The van der Waals surface area contributed by atoms with Gasteiger partial charge in [0.25, 0.3) is 0 Å². The molecule has 0 radical (unpaired) electrons. The van der Waals surface area contributed by atoms with Gasteiger partial charge in [-0.1, -0.05) is 24.3 Å². The number of hydrogen-bond donors (Lipinski definition) is 1. The first-order chi connectivity index (χ1) is 15.2. The Hall–Kier alpha value is -2.99. The summed E-state index contributed by atoms with van der Waals surface area (Å²) >= 11 is 0. The number of carbonyl (C=O) groups excluding carboxylic acids is 1. The summed E-state index contributed by atoms with van der Waals surface area (Å²) in [6.45, 7) is 4.59. The van der Waals surface area contributed by atoms with Crippen molar-refractivity contribution in [1.29, 1.82) is 0 Å². The smallest absolute Gasteiger partial charge is 0.234 e. The monoisotopic (exact) mass is 420 g/mol. The Balaban J connectivity index is 1.24. The molecule has 3 aromatic rings. The minimum Gasteiger partial charge on any atom is -0.490 e. The van der Waals surface area contributed by atoms with E-state index in [2.05, 4.69) is 22.3 Å². The third-order valence-electron chi connectivity index (χ3n) is 6.12. The Morgan fingerprint density at radius 3 is 2.81 bits per heavy atom. The summed E-state index contributed by atoms with van der Waals surface area (Å²) < 4.78 is 17.5. The zero-order valence-electron chi connectivity index (χ0n) is 17.8. The van der Waals surface area contributed by atoms with Crippen molar-refractivity contribution in [2.24, 2.45) is 0 Å². The van der Waals surface area contributed by atoms with Crippen LogP contribution in [0.25, 0.3) is 11.0 Å². The van der Waals surface area contributed by atoms with Crippen LogP contribution >= 0.6 is 0 Å². The molecule has 0 unspecified atom stereocenters. The molecule has 0 aliphatic carbocycles. The van der Waals surface area contributed by atoms with Crippen molar-refractivity contribution < 1.29 is 18.7 Å². The van der Waals surface area contributed by atoms with Crippen molar-refractivity contribution in [3.63, 3.8) is 0 Å². The number of benzene rings is 2. The van der Waals surface area contributed by atoms with Crippen molar-refractivity contribution in [2.75, 3.05) is 26.3 Å². The Labute approximate surface area is 182 Å². The molecule has 1 fully saturated rings. The number of fused-ring (bicyclic) bond motifs is 2. The fourth-order valence-electron chi connectivity index (χ4n) is 4.54. The highest BCUT2D eigenvalue weighted by atomic mass is 16.5. The third-order valence-corrected chi connectivity index (χ3v) is 6.12. The second-order valence-corrected chi connectivity index (χ2v) is 8.36. The third kappa shape index (κ3) is 4.26. The maximum absolute atomic E-state index is 12.8. The number of rotatable bonds is 5. The van der Waals surface area contributed by atoms with E-state index >= 15 is 0 Å². The van der Waals surface area contributed by atoms with Gasteiger partial charge in [0.15, 0.2) is 11.5 Å². The molecule has 1 saturated heterocycles. The van der Waals surface area contributed by atoms with Crippen molar-refractivity contribution in [2.45, 2.75) is 38.3 Å². The number of carbonyl (C=O) groups is 1. The number of likely N-dealkylation sites (tertiary alicyclic amines) is 1. The van der Waals surface area contributed by atoms with Gasteiger partial charge in [-0.25, -0.2) is 0 Å². The van der Waals surface area contributed by atoms with Crippen LogP contribution < -0.4 is 14.8 Å². The van der Waals surface area contributed by atoms with Gasteiger partial charge in [0.05, 0.1) is 25.8 Å². The first-order valence-corrected chi connectivity index (χ1v) is 11.1. The number of ether oxygens (including phenoxy) is 2. The van der Waals surface area contributed by atoms with Gasteiger partial charge in [0.2, 0.25) is 5.91 Å². The summed E-state index contributed by atoms with van der Waals surface area (Å²) in [6, 6.07) is 16.1. The maximum Gasteiger partial charge on any atom is 0.234 e. The average molecular weight is 421 g/mol. The molecule has 5 rings (SSSR count). The van der Waals surface area contributed by atoms with Gasteiger partial charge in [-0.3, -0.25) is 9.69 Å². The largest absolute Gasteiger partial charge is 0.490 e. The highest BCUT2D eigenvalue weighted by molar-refractivity contribution is 5.80. The molecule has 6 nitrogen and oxygen atoms in total. The van der Waals surface area contributed by atoms with Crippen LogP contribution in [0.4, 0.5) is 0 Å². The van der Waals surface area contributed by atoms with E-state index in [1.54, 1.807) is 0 Å². The van der Waals surface area contributed by atoms with Gasteiger partial charge < -0.3 is 19.2 Å². The summed E-state index contributed by atoms with van der Waals surface area (Å²) in [4.78, 5) is 15.1. The highest BCUT2D eigenvalue weighted by Gasteiger charge is 2.29. The van der Waals surface area contributed by atoms with Crippen molar-refractivity contribution in [3.05, 3.63) is 59.9 Å². The fourth-order valence-corrected chi connectivity index (χ4v) is 4.54. The Bertz CT molecular complexity index is 1040. The molecule has 2 aromatic carbocycles. The first-order valence-electron chi connectivity index (χ1n) is 11.1. The molecule has 3 heterocycles. The highest BCUT2D eigenvalue weighted by Crippen LogP contribution is 2.37. The van der Waals surface area contributed by atoms with Crippen molar-refractivity contribution in [1.82, 2.24) is 10.2 Å². The quantitative estimate of drug-likeness (QED) is 0.653. The molecule has 0 spiro atoms. The number of nitrogens with zero attached hydrogens (tertiary/aromatic N) is 1. The van der Waals surface area contributed by atoms with Crippen LogP contribution in [-0.4, -0.2) is 37.1 Å². The van der Waals surface area contributed by atoms with E-state index in [0.29, 0.717) is 19.8 Å². The predicted octanol–water partition coefficient (Wildman–Crippen LogP) is 4.61. The Morgan fingerprint density at radius 1 is 1.10 bits per heavy atom. The number of amides is 1. The minimum atomic E-state index is -0.181. The van der Waals surface area contributed by atoms with Gasteiger partial charge >= 0.3 is 0 Å². The molecular formula is C25H28N2O4. The van der Waals surface area contributed by atoms with Crippen LogP contribution in [0.1, 0.15) is 49.6 Å². The van der Waals surface area contributed by atoms with Gasteiger partial charge in [-0.15, -0.1) is 0 Å². The lowest BCUT2D eigenvalue weighted by Crippen LogP contribution is -2.38. The second kappa shape index (κ2) is 8.63. The van der Waals surface area contributed by atoms with E-state index in [1.165, 1.54) is 5.56 Å². The van der Waals surface area contributed by atoms with Crippen LogP contribution in [0, 0.1) is 0 Å².